The maximum Gasteiger partial charge on any atom is 0.333 e. The van der Waals surface area contributed by atoms with Gasteiger partial charge in [0, 0.05) is 11.1 Å². The lowest BCUT2D eigenvalue weighted by atomic mass is 10.1. The lowest BCUT2D eigenvalue weighted by molar-refractivity contribution is -0.140. The maximum absolute atomic E-state index is 11.4. The summed E-state index contributed by atoms with van der Waals surface area (Å²) in [7, 11) is 0. The molecule has 3 rings (SSSR count). The number of benzene rings is 2. The number of nitrogens with zero attached hydrogens (tertiary/aromatic N) is 1. The van der Waals surface area contributed by atoms with Crippen molar-refractivity contribution in [1.29, 1.82) is 0 Å². The molecule has 1 heterocycles. The number of ether oxygens (including phenoxy) is 1. The van der Waals surface area contributed by atoms with Gasteiger partial charge in [0.25, 0.3) is 0 Å². The van der Waals surface area contributed by atoms with Crippen LogP contribution in [-0.2, 0) is 16.1 Å². The molecule has 0 unspecified atom stereocenters. The molecule has 0 N–H and O–H groups in total. The molecule has 0 fully saturated rings. The topological polar surface area (TPSA) is 39.2 Å². The van der Waals surface area contributed by atoms with E-state index in [0.29, 0.717) is 5.57 Å². The summed E-state index contributed by atoms with van der Waals surface area (Å²) in [5.74, 6) is -0.366. The number of carbonyl (C=O) groups excluding carboxylic acids is 1. The Morgan fingerprint density at radius 3 is 2.59 bits per heavy atom. The zero-order valence-electron chi connectivity index (χ0n) is 12.2. The normalized spacial score (nSPS) is 10.6. The molecule has 0 saturated carbocycles. The van der Waals surface area contributed by atoms with Crippen LogP contribution in [0.3, 0.4) is 0 Å². The van der Waals surface area contributed by atoms with Crippen molar-refractivity contribution in [1.82, 2.24) is 4.98 Å². The number of hydrogen-bond donors (Lipinski definition) is 0. The average molecular weight is 309 g/mol. The summed E-state index contributed by atoms with van der Waals surface area (Å²) in [4.78, 5) is 16.0. The van der Waals surface area contributed by atoms with E-state index in [0.717, 1.165) is 21.7 Å². The van der Waals surface area contributed by atoms with Crippen LogP contribution < -0.4 is 0 Å². The summed E-state index contributed by atoms with van der Waals surface area (Å²) in [5, 5.41) is 0.992. The Hall–Kier alpha value is -2.46. The molecule has 0 saturated heterocycles. The minimum absolute atomic E-state index is 0.256. The minimum Gasteiger partial charge on any atom is -0.457 e. The molecule has 22 heavy (non-hydrogen) atoms. The van der Waals surface area contributed by atoms with E-state index in [2.05, 4.69) is 17.6 Å². The van der Waals surface area contributed by atoms with Crippen LogP contribution in [0.5, 0.6) is 0 Å². The Kier molecular flexibility index (Phi) is 4.02. The van der Waals surface area contributed by atoms with Gasteiger partial charge in [-0.15, -0.1) is 11.3 Å². The van der Waals surface area contributed by atoms with Gasteiger partial charge in [-0.2, -0.15) is 0 Å². The molecule has 0 aliphatic heterocycles. The summed E-state index contributed by atoms with van der Waals surface area (Å²) in [6.45, 7) is 5.45. The zero-order chi connectivity index (χ0) is 15.5. The van der Waals surface area contributed by atoms with Crippen LogP contribution in [0, 0.1) is 0 Å². The van der Waals surface area contributed by atoms with Gasteiger partial charge in [0.1, 0.15) is 11.6 Å². The van der Waals surface area contributed by atoms with Gasteiger partial charge in [-0.25, -0.2) is 9.78 Å². The van der Waals surface area contributed by atoms with Crippen LogP contribution in [0.25, 0.3) is 20.8 Å². The number of fused-ring (bicyclic) bond motifs is 1. The molecule has 0 bridgehead atoms. The third-order valence-electron chi connectivity index (χ3n) is 3.21. The van der Waals surface area contributed by atoms with Gasteiger partial charge in [-0.1, -0.05) is 43.0 Å². The first kappa shape index (κ1) is 14.5. The Labute approximate surface area is 132 Å². The van der Waals surface area contributed by atoms with E-state index in [4.69, 9.17) is 4.74 Å². The summed E-state index contributed by atoms with van der Waals surface area (Å²) < 4.78 is 6.31. The molecule has 0 aliphatic carbocycles. The fourth-order valence-electron chi connectivity index (χ4n) is 2.01. The fraction of sp³-hybridized carbons (Fsp3) is 0.111. The van der Waals surface area contributed by atoms with Crippen LogP contribution in [0.4, 0.5) is 0 Å². The highest BCUT2D eigenvalue weighted by Crippen LogP contribution is 2.30. The lowest BCUT2D eigenvalue weighted by Crippen LogP contribution is -2.04. The Bertz CT molecular complexity index is 801. The Morgan fingerprint density at radius 1 is 1.18 bits per heavy atom. The fourth-order valence-corrected chi connectivity index (χ4v) is 2.98. The summed E-state index contributed by atoms with van der Waals surface area (Å²) >= 11 is 1.67. The molecular weight excluding hydrogens is 294 g/mol. The van der Waals surface area contributed by atoms with Crippen molar-refractivity contribution < 1.29 is 9.53 Å². The van der Waals surface area contributed by atoms with E-state index in [1.165, 1.54) is 4.70 Å². The number of hydrogen-bond acceptors (Lipinski definition) is 4. The van der Waals surface area contributed by atoms with E-state index in [1.807, 2.05) is 42.5 Å². The summed E-state index contributed by atoms with van der Waals surface area (Å²) in [6, 6.07) is 16.0. The molecule has 0 spiro atoms. The second kappa shape index (κ2) is 6.12. The number of aromatic nitrogens is 1. The Morgan fingerprint density at radius 2 is 1.91 bits per heavy atom. The third kappa shape index (κ3) is 3.07. The molecule has 2 aromatic carbocycles. The van der Waals surface area contributed by atoms with Gasteiger partial charge in [0.2, 0.25) is 0 Å². The van der Waals surface area contributed by atoms with Gasteiger partial charge in [-0.05, 0) is 24.6 Å². The number of rotatable bonds is 4. The third-order valence-corrected chi connectivity index (χ3v) is 4.30. The van der Waals surface area contributed by atoms with Gasteiger partial charge >= 0.3 is 5.97 Å². The Balaban J connectivity index is 1.76. The number of carbonyl (C=O) groups is 1. The van der Waals surface area contributed by atoms with Crippen molar-refractivity contribution in [3.63, 3.8) is 0 Å². The van der Waals surface area contributed by atoms with Gasteiger partial charge in [0.15, 0.2) is 0 Å². The average Bonchev–Trinajstić information content (AvgIpc) is 2.97. The highest BCUT2D eigenvalue weighted by Gasteiger charge is 2.07. The molecule has 0 amide bonds. The van der Waals surface area contributed by atoms with Crippen molar-refractivity contribution in [2.45, 2.75) is 13.5 Å². The zero-order valence-corrected chi connectivity index (χ0v) is 13.0. The minimum atomic E-state index is -0.366. The van der Waals surface area contributed by atoms with Gasteiger partial charge in [0.05, 0.1) is 10.2 Å². The first-order valence-electron chi connectivity index (χ1n) is 6.91. The van der Waals surface area contributed by atoms with E-state index >= 15 is 0 Å². The first-order chi connectivity index (χ1) is 10.6. The van der Waals surface area contributed by atoms with Crippen molar-refractivity contribution in [3.05, 3.63) is 66.2 Å². The molecule has 1 aromatic heterocycles. The second-order valence-electron chi connectivity index (χ2n) is 5.04. The molecule has 0 radical (unpaired) electrons. The highest BCUT2D eigenvalue weighted by atomic mass is 32.1. The van der Waals surface area contributed by atoms with Crippen molar-refractivity contribution in [3.8, 4) is 10.6 Å². The monoisotopic (exact) mass is 309 g/mol. The molecule has 4 heteroatoms. The molecule has 0 atom stereocenters. The van der Waals surface area contributed by atoms with Crippen molar-refractivity contribution >= 4 is 27.5 Å². The highest BCUT2D eigenvalue weighted by molar-refractivity contribution is 7.21. The summed E-state index contributed by atoms with van der Waals surface area (Å²) in [5.41, 5.74) is 3.43. The predicted molar refractivity (Wildman–Crippen MR) is 89.7 cm³/mol. The molecule has 3 nitrogen and oxygen atoms in total. The number of thiazole rings is 1. The molecule has 3 aromatic rings. The first-order valence-corrected chi connectivity index (χ1v) is 7.72. The van der Waals surface area contributed by atoms with Crippen molar-refractivity contribution in [2.75, 3.05) is 0 Å². The maximum atomic E-state index is 11.4. The van der Waals surface area contributed by atoms with Crippen LogP contribution >= 0.6 is 11.3 Å². The van der Waals surface area contributed by atoms with E-state index in [1.54, 1.807) is 18.3 Å². The standard InChI is InChI=1S/C18H15NO2S/c1-12(2)18(20)21-11-13-7-9-14(10-8-13)17-19-15-5-3-4-6-16(15)22-17/h3-10H,1,11H2,2H3. The predicted octanol–water partition coefficient (Wildman–Crippen LogP) is 4.58. The summed E-state index contributed by atoms with van der Waals surface area (Å²) in [6.07, 6.45) is 0. The lowest BCUT2D eigenvalue weighted by Gasteiger charge is -2.05. The number of para-hydroxylation sites is 1. The van der Waals surface area contributed by atoms with Gasteiger partial charge < -0.3 is 4.74 Å². The second-order valence-corrected chi connectivity index (χ2v) is 6.07. The van der Waals surface area contributed by atoms with Crippen LogP contribution in [-0.4, -0.2) is 11.0 Å². The SMILES string of the molecule is C=C(C)C(=O)OCc1ccc(-c2nc3ccccc3s2)cc1. The van der Waals surface area contributed by atoms with E-state index in [9.17, 15) is 4.79 Å². The number of esters is 1. The van der Waals surface area contributed by atoms with E-state index < -0.39 is 0 Å². The molecule has 0 aliphatic rings. The van der Waals surface area contributed by atoms with E-state index in [-0.39, 0.29) is 12.6 Å². The smallest absolute Gasteiger partial charge is 0.333 e. The van der Waals surface area contributed by atoms with Gasteiger partial charge in [-0.3, -0.25) is 0 Å². The van der Waals surface area contributed by atoms with Crippen molar-refractivity contribution in [2.24, 2.45) is 0 Å². The van der Waals surface area contributed by atoms with Crippen LogP contribution in [0.1, 0.15) is 12.5 Å². The van der Waals surface area contributed by atoms with Crippen LogP contribution in [0.2, 0.25) is 0 Å². The quantitative estimate of drug-likeness (QED) is 0.523. The molecule has 110 valence electrons. The van der Waals surface area contributed by atoms with Crippen LogP contribution in [0.15, 0.2) is 60.7 Å². The largest absolute Gasteiger partial charge is 0.457 e. The molecular formula is C18H15NO2S.